The third-order valence-corrected chi connectivity index (χ3v) is 3.42. The number of ether oxygens (including phenoxy) is 1. The lowest BCUT2D eigenvalue weighted by molar-refractivity contribution is -0.384. The van der Waals surface area contributed by atoms with Gasteiger partial charge in [0.15, 0.2) is 12.1 Å². The summed E-state index contributed by atoms with van der Waals surface area (Å²) < 4.78 is 5.35. The SMILES string of the molecule is Nc1cc(OCC(=O)CCc2ccc([N+](=O)[O-])cc2)ccc1C=O. The molecule has 24 heavy (non-hydrogen) atoms. The lowest BCUT2D eigenvalue weighted by Gasteiger charge is -2.07. The highest BCUT2D eigenvalue weighted by molar-refractivity contribution is 5.84. The van der Waals surface area contributed by atoms with Gasteiger partial charge in [-0.3, -0.25) is 19.7 Å². The summed E-state index contributed by atoms with van der Waals surface area (Å²) in [6, 6.07) is 10.7. The van der Waals surface area contributed by atoms with Gasteiger partial charge in [-0.25, -0.2) is 0 Å². The number of anilines is 1. The van der Waals surface area contributed by atoms with E-state index in [1.807, 2.05) is 0 Å². The van der Waals surface area contributed by atoms with E-state index < -0.39 is 4.92 Å². The van der Waals surface area contributed by atoms with E-state index in [-0.39, 0.29) is 24.5 Å². The molecule has 0 atom stereocenters. The number of benzene rings is 2. The van der Waals surface area contributed by atoms with Crippen molar-refractivity contribution in [2.45, 2.75) is 12.8 Å². The highest BCUT2D eigenvalue weighted by Crippen LogP contribution is 2.19. The maximum absolute atomic E-state index is 11.9. The molecule has 7 nitrogen and oxygen atoms in total. The summed E-state index contributed by atoms with van der Waals surface area (Å²) >= 11 is 0. The number of nitrogens with two attached hydrogens (primary N) is 1. The minimum atomic E-state index is -0.468. The molecule has 124 valence electrons. The number of non-ortho nitro benzene ring substituents is 1. The van der Waals surface area contributed by atoms with Crippen molar-refractivity contribution in [3.63, 3.8) is 0 Å². The van der Waals surface area contributed by atoms with E-state index in [0.29, 0.717) is 29.7 Å². The van der Waals surface area contributed by atoms with E-state index in [9.17, 15) is 19.7 Å². The number of nitrogens with zero attached hydrogens (tertiary/aromatic N) is 1. The zero-order chi connectivity index (χ0) is 17.5. The lowest BCUT2D eigenvalue weighted by Crippen LogP contribution is -2.12. The van der Waals surface area contributed by atoms with E-state index in [4.69, 9.17) is 10.5 Å². The molecule has 0 fully saturated rings. The predicted molar refractivity (Wildman–Crippen MR) is 88.2 cm³/mol. The minimum absolute atomic E-state index is 0.0183. The van der Waals surface area contributed by atoms with Crippen LogP contribution in [-0.2, 0) is 11.2 Å². The van der Waals surface area contributed by atoms with Crippen LogP contribution in [-0.4, -0.2) is 23.6 Å². The quantitative estimate of drug-likeness (QED) is 0.345. The van der Waals surface area contributed by atoms with Gasteiger partial charge in [0.25, 0.3) is 5.69 Å². The molecule has 7 heteroatoms. The van der Waals surface area contributed by atoms with Crippen molar-refractivity contribution in [1.82, 2.24) is 0 Å². The number of ketones is 1. The van der Waals surface area contributed by atoms with Crippen LogP contribution in [0.15, 0.2) is 42.5 Å². The summed E-state index contributed by atoms with van der Waals surface area (Å²) in [5, 5.41) is 10.6. The molecule has 2 rings (SSSR count). The number of hydrogen-bond donors (Lipinski definition) is 1. The van der Waals surface area contributed by atoms with Crippen molar-refractivity contribution in [3.05, 3.63) is 63.7 Å². The van der Waals surface area contributed by atoms with Crippen molar-refractivity contribution < 1.29 is 19.2 Å². The monoisotopic (exact) mass is 328 g/mol. The fraction of sp³-hybridized carbons (Fsp3) is 0.176. The molecular formula is C17H16N2O5. The molecule has 2 aromatic rings. The van der Waals surface area contributed by atoms with Crippen molar-refractivity contribution in [2.24, 2.45) is 0 Å². The van der Waals surface area contributed by atoms with Gasteiger partial charge in [0.2, 0.25) is 0 Å². The van der Waals surface area contributed by atoms with Gasteiger partial charge < -0.3 is 10.5 Å². The second kappa shape index (κ2) is 7.87. The van der Waals surface area contributed by atoms with Crippen LogP contribution in [0.1, 0.15) is 22.3 Å². The number of Topliss-reactive ketones (excluding diaryl/α,β-unsaturated/α-hetero) is 1. The number of nitro groups is 1. The number of aldehydes is 1. The van der Waals surface area contributed by atoms with Gasteiger partial charge in [-0.2, -0.15) is 0 Å². The van der Waals surface area contributed by atoms with Crippen LogP contribution in [0.4, 0.5) is 11.4 Å². The van der Waals surface area contributed by atoms with Crippen LogP contribution < -0.4 is 10.5 Å². The standard InChI is InChI=1S/C17H16N2O5/c18-17-9-16(8-4-13(17)10-20)24-11-15(21)7-3-12-1-5-14(6-2-12)19(22)23/h1-2,4-6,8-10H,3,7,11,18H2. The maximum atomic E-state index is 11.9. The van der Waals surface area contributed by atoms with Crippen LogP contribution in [0.5, 0.6) is 5.75 Å². The third kappa shape index (κ3) is 4.64. The minimum Gasteiger partial charge on any atom is -0.486 e. The Hall–Kier alpha value is -3.22. The predicted octanol–water partition coefficient (Wildman–Crippen LogP) is 2.57. The molecule has 0 radical (unpaired) electrons. The van der Waals surface area contributed by atoms with Gasteiger partial charge in [0, 0.05) is 35.9 Å². The Kier molecular flexibility index (Phi) is 5.62. The zero-order valence-electron chi connectivity index (χ0n) is 12.8. The number of nitro benzene ring substituents is 1. The first-order valence-corrected chi connectivity index (χ1v) is 7.22. The Morgan fingerprint density at radius 3 is 2.50 bits per heavy atom. The van der Waals surface area contributed by atoms with E-state index in [2.05, 4.69) is 0 Å². The zero-order valence-corrected chi connectivity index (χ0v) is 12.8. The molecule has 0 saturated heterocycles. The molecule has 0 amide bonds. The smallest absolute Gasteiger partial charge is 0.269 e. The van der Waals surface area contributed by atoms with Crippen LogP contribution >= 0.6 is 0 Å². The number of rotatable bonds is 8. The molecule has 0 unspecified atom stereocenters. The first-order chi connectivity index (χ1) is 11.5. The molecule has 0 saturated carbocycles. The number of hydrogen-bond acceptors (Lipinski definition) is 6. The van der Waals surface area contributed by atoms with Gasteiger partial charge in [-0.05, 0) is 24.1 Å². The summed E-state index contributed by atoms with van der Waals surface area (Å²) in [7, 11) is 0. The largest absolute Gasteiger partial charge is 0.486 e. The van der Waals surface area contributed by atoms with Crippen molar-refractivity contribution in [2.75, 3.05) is 12.3 Å². The topological polar surface area (TPSA) is 113 Å². The lowest BCUT2D eigenvalue weighted by atomic mass is 10.1. The van der Waals surface area contributed by atoms with Crippen LogP contribution in [0.25, 0.3) is 0 Å². The Morgan fingerprint density at radius 1 is 1.21 bits per heavy atom. The van der Waals surface area contributed by atoms with E-state index >= 15 is 0 Å². The summed E-state index contributed by atoms with van der Waals surface area (Å²) in [5.41, 5.74) is 7.18. The van der Waals surface area contributed by atoms with E-state index in [1.54, 1.807) is 18.2 Å². The summed E-state index contributed by atoms with van der Waals surface area (Å²) in [6.07, 6.45) is 1.39. The Bertz CT molecular complexity index is 756. The first-order valence-electron chi connectivity index (χ1n) is 7.22. The van der Waals surface area contributed by atoms with Gasteiger partial charge in [-0.15, -0.1) is 0 Å². The molecule has 0 aliphatic heterocycles. The normalized spacial score (nSPS) is 10.2. The molecular weight excluding hydrogens is 312 g/mol. The van der Waals surface area contributed by atoms with Crippen molar-refractivity contribution >= 4 is 23.4 Å². The van der Waals surface area contributed by atoms with Gasteiger partial charge in [0.1, 0.15) is 12.4 Å². The Labute approximate surface area is 138 Å². The van der Waals surface area contributed by atoms with Crippen molar-refractivity contribution in [3.8, 4) is 5.75 Å². The second-order valence-electron chi connectivity index (χ2n) is 5.16. The first kappa shape index (κ1) is 17.1. The number of aryl methyl sites for hydroxylation is 1. The molecule has 0 aromatic heterocycles. The molecule has 0 aliphatic carbocycles. The molecule has 0 spiro atoms. The van der Waals surface area contributed by atoms with E-state index in [0.717, 1.165) is 5.56 Å². The van der Waals surface area contributed by atoms with E-state index in [1.165, 1.54) is 24.3 Å². The van der Waals surface area contributed by atoms with Gasteiger partial charge in [0.05, 0.1) is 4.92 Å². The fourth-order valence-corrected chi connectivity index (χ4v) is 2.05. The van der Waals surface area contributed by atoms with Crippen LogP contribution in [0.2, 0.25) is 0 Å². The summed E-state index contributed by atoms with van der Waals surface area (Å²) in [4.78, 5) is 32.6. The average molecular weight is 328 g/mol. The highest BCUT2D eigenvalue weighted by atomic mass is 16.6. The average Bonchev–Trinajstić information content (AvgIpc) is 2.58. The van der Waals surface area contributed by atoms with Crippen LogP contribution in [0, 0.1) is 10.1 Å². The Balaban J connectivity index is 1.82. The summed E-state index contributed by atoms with van der Waals surface area (Å²) in [5.74, 6) is 0.313. The van der Waals surface area contributed by atoms with Gasteiger partial charge in [-0.1, -0.05) is 12.1 Å². The maximum Gasteiger partial charge on any atom is 0.269 e. The third-order valence-electron chi connectivity index (χ3n) is 3.42. The second-order valence-corrected chi connectivity index (χ2v) is 5.16. The number of carbonyl (C=O) groups is 2. The van der Waals surface area contributed by atoms with Crippen molar-refractivity contribution in [1.29, 1.82) is 0 Å². The molecule has 2 N–H and O–H groups in total. The molecule has 0 aliphatic rings. The van der Waals surface area contributed by atoms with Crippen LogP contribution in [0.3, 0.4) is 0 Å². The molecule has 0 bridgehead atoms. The number of carbonyl (C=O) groups excluding carboxylic acids is 2. The van der Waals surface area contributed by atoms with Gasteiger partial charge >= 0.3 is 0 Å². The fourth-order valence-electron chi connectivity index (χ4n) is 2.05. The highest BCUT2D eigenvalue weighted by Gasteiger charge is 2.08. The number of nitrogen functional groups attached to an aromatic ring is 1. The summed E-state index contributed by atoms with van der Waals surface area (Å²) in [6.45, 7) is -0.104. The molecule has 2 aromatic carbocycles. The Morgan fingerprint density at radius 2 is 1.92 bits per heavy atom. The molecule has 0 heterocycles.